The molecule has 16 heavy (non-hydrogen) atoms. The van der Waals surface area contributed by atoms with E-state index < -0.39 is 15.1 Å². The van der Waals surface area contributed by atoms with Gasteiger partial charge in [0.2, 0.25) is 0 Å². The van der Waals surface area contributed by atoms with Crippen LogP contribution in [0.4, 0.5) is 0 Å². The molecule has 1 fully saturated rings. The van der Waals surface area contributed by atoms with E-state index in [0.29, 0.717) is 0 Å². The predicted octanol–water partition coefficient (Wildman–Crippen LogP) is 0.965. The van der Waals surface area contributed by atoms with Crippen LogP contribution in [0.3, 0.4) is 0 Å². The number of benzene rings is 1. The molecular weight excluding hydrogens is 224 g/mol. The monoisotopic (exact) mass is 236 g/mol. The fourth-order valence-electron chi connectivity index (χ4n) is 2.36. The van der Waals surface area contributed by atoms with Gasteiger partial charge in [-0.1, -0.05) is 18.2 Å². The maximum Gasteiger partial charge on any atom is 0.160 e. The van der Waals surface area contributed by atoms with Crippen LogP contribution in [0.5, 0.6) is 0 Å². The number of H-pyrrole nitrogens is 1. The number of nitrogens with one attached hydrogen (secondary N) is 1. The highest BCUT2D eigenvalue weighted by molar-refractivity contribution is 7.93. The SMILES string of the molecule is NC1CS(=O)(=O)C1c1c[nH]c2ccccc12. The predicted molar refractivity (Wildman–Crippen MR) is 62.8 cm³/mol. The molecule has 0 spiro atoms. The molecule has 1 saturated heterocycles. The van der Waals surface area contributed by atoms with Crippen molar-refractivity contribution in [2.24, 2.45) is 5.73 Å². The summed E-state index contributed by atoms with van der Waals surface area (Å²) in [6.45, 7) is 0. The second-order valence-electron chi connectivity index (χ2n) is 4.20. The van der Waals surface area contributed by atoms with Crippen molar-refractivity contribution in [2.45, 2.75) is 11.3 Å². The summed E-state index contributed by atoms with van der Waals surface area (Å²) < 4.78 is 23.4. The first-order valence-corrected chi connectivity index (χ1v) is 6.84. The molecular formula is C11H12N2O2S. The topological polar surface area (TPSA) is 76.0 Å². The van der Waals surface area contributed by atoms with Gasteiger partial charge in [0.05, 0.1) is 5.75 Å². The molecule has 0 saturated carbocycles. The van der Waals surface area contributed by atoms with Gasteiger partial charge in [0.25, 0.3) is 0 Å². The molecule has 1 aliphatic heterocycles. The lowest BCUT2D eigenvalue weighted by molar-refractivity contribution is 0.524. The van der Waals surface area contributed by atoms with E-state index in [0.717, 1.165) is 16.5 Å². The molecule has 3 N–H and O–H groups in total. The standard InChI is InChI=1S/C11H12N2O2S/c12-9-6-16(14,15)11(9)8-5-13-10-4-2-1-3-7(8)10/h1-5,9,11,13H,6,12H2. The summed E-state index contributed by atoms with van der Waals surface area (Å²) in [4.78, 5) is 3.08. The van der Waals surface area contributed by atoms with E-state index in [-0.39, 0.29) is 11.8 Å². The quantitative estimate of drug-likeness (QED) is 0.774. The molecule has 3 rings (SSSR count). The van der Waals surface area contributed by atoms with Gasteiger partial charge in [-0.15, -0.1) is 0 Å². The van der Waals surface area contributed by atoms with Crippen LogP contribution in [0.1, 0.15) is 10.8 Å². The Balaban J connectivity index is 2.20. The van der Waals surface area contributed by atoms with Crippen LogP contribution < -0.4 is 5.73 Å². The second kappa shape index (κ2) is 3.09. The van der Waals surface area contributed by atoms with Gasteiger partial charge in [-0.2, -0.15) is 0 Å². The maximum atomic E-state index is 11.7. The van der Waals surface area contributed by atoms with Gasteiger partial charge in [0.1, 0.15) is 5.25 Å². The summed E-state index contributed by atoms with van der Waals surface area (Å²) in [6.07, 6.45) is 1.76. The number of rotatable bonds is 1. The highest BCUT2D eigenvalue weighted by atomic mass is 32.2. The first kappa shape index (κ1) is 9.86. The lowest BCUT2D eigenvalue weighted by Crippen LogP contribution is -2.50. The first-order chi connectivity index (χ1) is 7.59. The van der Waals surface area contributed by atoms with Crippen molar-refractivity contribution in [2.75, 3.05) is 5.75 Å². The second-order valence-corrected chi connectivity index (χ2v) is 6.37. The van der Waals surface area contributed by atoms with Crippen LogP contribution in [0.2, 0.25) is 0 Å². The summed E-state index contributed by atoms with van der Waals surface area (Å²) in [5.41, 5.74) is 7.54. The molecule has 0 amide bonds. The van der Waals surface area contributed by atoms with Gasteiger partial charge in [0.15, 0.2) is 9.84 Å². The molecule has 0 bridgehead atoms. The van der Waals surface area contributed by atoms with Crippen molar-refractivity contribution >= 4 is 20.7 Å². The van der Waals surface area contributed by atoms with E-state index in [4.69, 9.17) is 5.73 Å². The average Bonchev–Trinajstić information content (AvgIpc) is 2.61. The number of hydrogen-bond donors (Lipinski definition) is 2. The van der Waals surface area contributed by atoms with Gasteiger partial charge < -0.3 is 10.7 Å². The van der Waals surface area contributed by atoms with E-state index in [2.05, 4.69) is 4.98 Å². The van der Waals surface area contributed by atoms with Crippen molar-refractivity contribution < 1.29 is 8.42 Å². The number of sulfone groups is 1. The van der Waals surface area contributed by atoms with Crippen molar-refractivity contribution in [1.82, 2.24) is 4.98 Å². The highest BCUT2D eigenvalue weighted by Gasteiger charge is 2.45. The van der Waals surface area contributed by atoms with Crippen molar-refractivity contribution in [3.8, 4) is 0 Å². The fourth-order valence-corrected chi connectivity index (χ4v) is 4.15. The molecule has 1 aromatic carbocycles. The average molecular weight is 236 g/mol. The Morgan fingerprint density at radius 3 is 2.75 bits per heavy atom. The Bertz CT molecular complexity index is 645. The first-order valence-electron chi connectivity index (χ1n) is 5.13. The van der Waals surface area contributed by atoms with Gasteiger partial charge in [-0.3, -0.25) is 0 Å². The zero-order valence-electron chi connectivity index (χ0n) is 8.55. The largest absolute Gasteiger partial charge is 0.361 e. The van der Waals surface area contributed by atoms with Crippen LogP contribution in [0.15, 0.2) is 30.5 Å². The van der Waals surface area contributed by atoms with E-state index in [9.17, 15) is 8.42 Å². The van der Waals surface area contributed by atoms with Gasteiger partial charge in [0, 0.05) is 23.1 Å². The Labute approximate surface area is 93.4 Å². The van der Waals surface area contributed by atoms with Crippen molar-refractivity contribution in [1.29, 1.82) is 0 Å². The molecule has 2 atom stereocenters. The van der Waals surface area contributed by atoms with E-state index in [1.165, 1.54) is 0 Å². The van der Waals surface area contributed by atoms with Crippen molar-refractivity contribution in [3.05, 3.63) is 36.0 Å². The zero-order valence-corrected chi connectivity index (χ0v) is 9.37. The lowest BCUT2D eigenvalue weighted by Gasteiger charge is -2.33. The summed E-state index contributed by atoms with van der Waals surface area (Å²) in [7, 11) is -3.03. The summed E-state index contributed by atoms with van der Waals surface area (Å²) in [5, 5.41) is 0.412. The molecule has 1 aliphatic rings. The summed E-state index contributed by atoms with van der Waals surface area (Å²) >= 11 is 0. The molecule has 5 heteroatoms. The molecule has 0 aliphatic carbocycles. The molecule has 2 unspecified atom stereocenters. The minimum absolute atomic E-state index is 0.0944. The molecule has 2 aromatic rings. The summed E-state index contributed by atoms with van der Waals surface area (Å²) in [6, 6.07) is 7.38. The lowest BCUT2D eigenvalue weighted by atomic mass is 10.1. The Hall–Kier alpha value is -1.33. The molecule has 1 aromatic heterocycles. The smallest absolute Gasteiger partial charge is 0.160 e. The Morgan fingerprint density at radius 2 is 2.06 bits per heavy atom. The number of hydrogen-bond acceptors (Lipinski definition) is 3. The normalized spacial score (nSPS) is 27.8. The number of para-hydroxylation sites is 1. The Kier molecular flexibility index (Phi) is 1.90. The molecule has 4 nitrogen and oxygen atoms in total. The number of aromatic amines is 1. The Morgan fingerprint density at radius 1 is 1.31 bits per heavy atom. The van der Waals surface area contributed by atoms with Crippen molar-refractivity contribution in [3.63, 3.8) is 0 Å². The van der Waals surface area contributed by atoms with Crippen LogP contribution in [0, 0.1) is 0 Å². The van der Waals surface area contributed by atoms with Gasteiger partial charge >= 0.3 is 0 Å². The van der Waals surface area contributed by atoms with E-state index in [1.807, 2.05) is 24.3 Å². The summed E-state index contributed by atoms with van der Waals surface area (Å²) in [5.74, 6) is 0.0944. The van der Waals surface area contributed by atoms with Gasteiger partial charge in [-0.25, -0.2) is 8.42 Å². The van der Waals surface area contributed by atoms with Crippen LogP contribution >= 0.6 is 0 Å². The third-order valence-corrected chi connectivity index (χ3v) is 5.36. The van der Waals surface area contributed by atoms with Gasteiger partial charge in [-0.05, 0) is 11.6 Å². The zero-order chi connectivity index (χ0) is 11.3. The van der Waals surface area contributed by atoms with E-state index in [1.54, 1.807) is 6.20 Å². The highest BCUT2D eigenvalue weighted by Crippen LogP contribution is 2.38. The molecule has 2 heterocycles. The van der Waals surface area contributed by atoms with Crippen LogP contribution in [0.25, 0.3) is 10.9 Å². The van der Waals surface area contributed by atoms with Crippen LogP contribution in [-0.2, 0) is 9.84 Å². The third-order valence-electron chi connectivity index (χ3n) is 3.13. The van der Waals surface area contributed by atoms with E-state index >= 15 is 0 Å². The third kappa shape index (κ3) is 1.22. The number of aromatic nitrogens is 1. The number of fused-ring (bicyclic) bond motifs is 1. The maximum absolute atomic E-state index is 11.7. The fraction of sp³-hybridized carbons (Fsp3) is 0.273. The molecule has 84 valence electrons. The number of nitrogens with two attached hydrogens (primary N) is 1. The molecule has 0 radical (unpaired) electrons. The minimum atomic E-state index is -3.03. The van der Waals surface area contributed by atoms with Crippen LogP contribution in [-0.4, -0.2) is 25.2 Å². The minimum Gasteiger partial charge on any atom is -0.361 e.